The van der Waals surface area contributed by atoms with Crippen LogP contribution in [0.15, 0.2) is 71.5 Å². The molecule has 30 heavy (non-hydrogen) atoms. The molecule has 4 rings (SSSR count). The van der Waals surface area contributed by atoms with Gasteiger partial charge in [0.25, 0.3) is 5.56 Å². The second-order valence-electron chi connectivity index (χ2n) is 6.43. The van der Waals surface area contributed by atoms with E-state index in [1.54, 1.807) is 12.1 Å². The van der Waals surface area contributed by atoms with Crippen molar-refractivity contribution >= 4 is 22.4 Å². The van der Waals surface area contributed by atoms with Crippen LogP contribution >= 0.6 is 11.3 Å². The molecule has 1 amide bonds. The highest BCUT2D eigenvalue weighted by molar-refractivity contribution is 7.15. The molecule has 0 saturated carbocycles. The topological polar surface area (TPSA) is 89.8 Å². The summed E-state index contributed by atoms with van der Waals surface area (Å²) in [5.74, 6) is -0.807. The Kier molecular flexibility index (Phi) is 5.71. The Morgan fingerprint density at radius 1 is 1.00 bits per heavy atom. The Balaban J connectivity index is 1.43. The Labute approximate surface area is 174 Å². The van der Waals surface area contributed by atoms with Crippen LogP contribution in [0.1, 0.15) is 10.6 Å². The average Bonchev–Trinajstić information content (AvgIpc) is 3.17. The Bertz CT molecular complexity index is 1220. The lowest BCUT2D eigenvalue weighted by Crippen LogP contribution is -2.29. The molecule has 150 valence electrons. The molecule has 0 radical (unpaired) electrons. The van der Waals surface area contributed by atoms with E-state index in [4.69, 9.17) is 0 Å². The summed E-state index contributed by atoms with van der Waals surface area (Å²) in [4.78, 5) is 24.5. The van der Waals surface area contributed by atoms with Gasteiger partial charge in [0.1, 0.15) is 17.4 Å². The van der Waals surface area contributed by atoms with Crippen molar-refractivity contribution in [2.75, 3.05) is 5.32 Å². The normalized spacial score (nSPS) is 10.7. The number of carbonyl (C=O) groups excluding carboxylic acids is 1. The highest BCUT2D eigenvalue weighted by atomic mass is 32.1. The maximum Gasteiger partial charge on any atom is 0.267 e. The van der Waals surface area contributed by atoms with Crippen LogP contribution in [0.4, 0.5) is 9.52 Å². The number of aromatic nitrogens is 4. The van der Waals surface area contributed by atoms with Crippen molar-refractivity contribution in [3.8, 4) is 11.3 Å². The molecule has 2 heterocycles. The molecule has 0 unspecified atom stereocenters. The zero-order valence-corrected chi connectivity index (χ0v) is 16.5. The molecule has 0 spiro atoms. The summed E-state index contributed by atoms with van der Waals surface area (Å²) in [6, 6.07) is 18.4. The predicted molar refractivity (Wildman–Crippen MR) is 112 cm³/mol. The lowest BCUT2D eigenvalue weighted by atomic mass is 10.1. The van der Waals surface area contributed by atoms with Gasteiger partial charge in [-0.05, 0) is 35.9 Å². The van der Waals surface area contributed by atoms with Gasteiger partial charge in [0, 0.05) is 18.1 Å². The van der Waals surface area contributed by atoms with Crippen molar-refractivity contribution in [1.82, 2.24) is 20.0 Å². The maximum absolute atomic E-state index is 13.1. The summed E-state index contributed by atoms with van der Waals surface area (Å²) in [6.07, 6.45) is 0.620. The van der Waals surface area contributed by atoms with Crippen LogP contribution in [-0.2, 0) is 17.8 Å². The average molecular weight is 421 g/mol. The molecule has 0 fully saturated rings. The molecule has 0 aliphatic carbocycles. The van der Waals surface area contributed by atoms with Crippen molar-refractivity contribution in [3.05, 3.63) is 93.5 Å². The summed E-state index contributed by atoms with van der Waals surface area (Å²) >= 11 is 1.27. The van der Waals surface area contributed by atoms with Crippen molar-refractivity contribution in [2.45, 2.75) is 13.0 Å². The zero-order chi connectivity index (χ0) is 20.9. The van der Waals surface area contributed by atoms with Crippen LogP contribution in [0, 0.1) is 5.82 Å². The minimum atomic E-state index is -0.441. The third kappa shape index (κ3) is 4.81. The fraction of sp³-hybridized carbons (Fsp3) is 0.0952. The molecule has 0 bridgehead atoms. The van der Waals surface area contributed by atoms with Gasteiger partial charge in [-0.1, -0.05) is 41.7 Å². The highest BCUT2D eigenvalue weighted by Crippen LogP contribution is 2.19. The van der Waals surface area contributed by atoms with E-state index in [9.17, 15) is 14.0 Å². The van der Waals surface area contributed by atoms with Gasteiger partial charge in [-0.15, -0.1) is 10.2 Å². The zero-order valence-electron chi connectivity index (χ0n) is 15.7. The van der Waals surface area contributed by atoms with E-state index in [0.717, 1.165) is 15.3 Å². The van der Waals surface area contributed by atoms with Crippen LogP contribution in [0.3, 0.4) is 0 Å². The predicted octanol–water partition coefficient (Wildman–Crippen LogP) is 3.13. The van der Waals surface area contributed by atoms with Gasteiger partial charge in [0.15, 0.2) is 0 Å². The molecular formula is C21H16FN5O2S. The molecule has 4 aromatic rings. The van der Waals surface area contributed by atoms with Crippen molar-refractivity contribution in [2.24, 2.45) is 0 Å². The van der Waals surface area contributed by atoms with Gasteiger partial charge < -0.3 is 0 Å². The summed E-state index contributed by atoms with van der Waals surface area (Å²) in [7, 11) is 0. The third-order valence-electron chi connectivity index (χ3n) is 4.21. The summed E-state index contributed by atoms with van der Waals surface area (Å²) in [5.41, 5.74) is 1.78. The number of benzene rings is 2. The number of hydrogen-bond acceptors (Lipinski definition) is 6. The van der Waals surface area contributed by atoms with Crippen LogP contribution < -0.4 is 10.9 Å². The number of halogens is 1. The lowest BCUT2D eigenvalue weighted by Gasteiger charge is -2.07. The van der Waals surface area contributed by atoms with Crippen molar-refractivity contribution in [1.29, 1.82) is 0 Å². The SMILES string of the molecule is O=C(Cn1nc(-c2ccc(F)cc2)ccc1=O)Nc1nnc(Cc2ccccc2)s1. The monoisotopic (exact) mass is 421 g/mol. The molecule has 2 aromatic carbocycles. The van der Waals surface area contributed by atoms with Crippen LogP contribution in [-0.4, -0.2) is 25.9 Å². The van der Waals surface area contributed by atoms with Gasteiger partial charge in [-0.2, -0.15) is 5.10 Å². The second-order valence-corrected chi connectivity index (χ2v) is 7.49. The van der Waals surface area contributed by atoms with E-state index in [1.165, 1.54) is 35.6 Å². The largest absolute Gasteiger partial charge is 0.299 e. The molecule has 0 saturated heterocycles. The lowest BCUT2D eigenvalue weighted by molar-refractivity contribution is -0.117. The molecule has 7 nitrogen and oxygen atoms in total. The summed E-state index contributed by atoms with van der Waals surface area (Å²) in [5, 5.41) is 16.0. The number of nitrogens with one attached hydrogen (secondary N) is 1. The van der Waals surface area contributed by atoms with Gasteiger partial charge in [0.2, 0.25) is 11.0 Å². The van der Waals surface area contributed by atoms with Gasteiger partial charge in [-0.3, -0.25) is 14.9 Å². The van der Waals surface area contributed by atoms with Crippen LogP contribution in [0.2, 0.25) is 0 Å². The molecule has 0 aliphatic rings. The standard InChI is InChI=1S/C21H16FN5O2S/c22-16-8-6-15(7-9-16)17-10-11-20(29)27(26-17)13-18(28)23-21-25-24-19(30-21)12-14-4-2-1-3-5-14/h1-11H,12-13H2,(H,23,25,28). The van der Waals surface area contributed by atoms with E-state index < -0.39 is 11.5 Å². The molecule has 2 aromatic heterocycles. The maximum atomic E-state index is 13.1. The van der Waals surface area contributed by atoms with E-state index in [2.05, 4.69) is 20.6 Å². The van der Waals surface area contributed by atoms with E-state index >= 15 is 0 Å². The van der Waals surface area contributed by atoms with Gasteiger partial charge in [-0.25, -0.2) is 9.07 Å². The number of rotatable bonds is 6. The van der Waals surface area contributed by atoms with Gasteiger partial charge in [0.05, 0.1) is 5.69 Å². The fourth-order valence-electron chi connectivity index (χ4n) is 2.78. The Hall–Kier alpha value is -3.72. The summed E-state index contributed by atoms with van der Waals surface area (Å²) in [6.45, 7) is -0.276. The number of anilines is 1. The summed E-state index contributed by atoms with van der Waals surface area (Å²) < 4.78 is 14.2. The molecule has 1 N–H and O–H groups in total. The first-order valence-corrected chi connectivity index (χ1v) is 9.89. The fourth-order valence-corrected chi connectivity index (χ4v) is 3.57. The first kappa shape index (κ1) is 19.6. The molecule has 0 atom stereocenters. The minimum Gasteiger partial charge on any atom is -0.299 e. The molecular weight excluding hydrogens is 405 g/mol. The van der Waals surface area contributed by atoms with E-state index in [0.29, 0.717) is 22.8 Å². The van der Waals surface area contributed by atoms with Crippen molar-refractivity contribution < 1.29 is 9.18 Å². The number of amides is 1. The van der Waals surface area contributed by atoms with E-state index in [-0.39, 0.29) is 12.4 Å². The van der Waals surface area contributed by atoms with Crippen molar-refractivity contribution in [3.63, 3.8) is 0 Å². The smallest absolute Gasteiger partial charge is 0.267 e. The first-order valence-electron chi connectivity index (χ1n) is 9.07. The number of hydrogen-bond donors (Lipinski definition) is 1. The minimum absolute atomic E-state index is 0.276. The first-order chi connectivity index (χ1) is 14.6. The van der Waals surface area contributed by atoms with Crippen LogP contribution in [0.5, 0.6) is 0 Å². The van der Waals surface area contributed by atoms with Gasteiger partial charge >= 0.3 is 0 Å². The quantitative estimate of drug-likeness (QED) is 0.517. The number of nitrogens with zero attached hydrogens (tertiary/aromatic N) is 4. The highest BCUT2D eigenvalue weighted by Gasteiger charge is 2.12. The van der Waals surface area contributed by atoms with E-state index in [1.807, 2.05) is 30.3 Å². The second kappa shape index (κ2) is 8.75. The Morgan fingerprint density at radius 3 is 2.53 bits per heavy atom. The Morgan fingerprint density at radius 2 is 1.77 bits per heavy atom. The molecule has 0 aliphatic heterocycles. The third-order valence-corrected chi connectivity index (χ3v) is 5.05. The molecule has 9 heteroatoms. The van der Waals surface area contributed by atoms with Crippen LogP contribution in [0.25, 0.3) is 11.3 Å². The number of carbonyl (C=O) groups is 1.